The lowest BCUT2D eigenvalue weighted by molar-refractivity contribution is -0.274. The number of ether oxygens (including phenoxy) is 2. The van der Waals surface area contributed by atoms with E-state index in [9.17, 15) is 18.0 Å². The average molecular weight is 571 g/mol. The SMILES string of the molecule is O=C(O)c1ccc(-c2nc(N3CCC(OCc4c(-c5ccccc5OC(F)(F)F)noc4C4CC4)CC3)no2)cc1. The standard InChI is InChI=1S/C28H25F3N4O6/c29-28(30,31)39-22-4-2-1-3-20(22)23-21(24(40-33-23)16-5-6-16)15-38-19-11-13-35(14-12-19)27-32-25(41-34-27)17-7-9-18(10-8-17)26(36)37/h1-4,7-10,16,19H,5-6,11-15H2,(H,36,37). The van der Waals surface area contributed by atoms with E-state index < -0.39 is 12.3 Å². The first-order valence-corrected chi connectivity index (χ1v) is 13.1. The van der Waals surface area contributed by atoms with E-state index in [1.165, 1.54) is 30.3 Å². The van der Waals surface area contributed by atoms with Crippen LogP contribution in [0.5, 0.6) is 5.75 Å². The summed E-state index contributed by atoms with van der Waals surface area (Å²) >= 11 is 0. The number of carbonyl (C=O) groups is 1. The molecule has 4 aromatic rings. The summed E-state index contributed by atoms with van der Waals surface area (Å²) in [6.07, 6.45) is -1.74. The fourth-order valence-electron chi connectivity index (χ4n) is 4.86. The van der Waals surface area contributed by atoms with Gasteiger partial charge in [-0.2, -0.15) is 4.98 Å². The number of halogens is 3. The molecule has 13 heteroatoms. The van der Waals surface area contributed by atoms with Gasteiger partial charge in [-0.15, -0.1) is 13.2 Å². The van der Waals surface area contributed by atoms with Crippen molar-refractivity contribution >= 4 is 11.9 Å². The Kier molecular flexibility index (Phi) is 7.12. The van der Waals surface area contributed by atoms with Crippen molar-refractivity contribution in [1.29, 1.82) is 0 Å². The molecule has 6 rings (SSSR count). The second-order valence-corrected chi connectivity index (χ2v) is 9.97. The third-order valence-corrected chi connectivity index (χ3v) is 7.12. The second-order valence-electron chi connectivity index (χ2n) is 9.97. The van der Waals surface area contributed by atoms with Crippen LogP contribution < -0.4 is 9.64 Å². The molecule has 0 atom stereocenters. The van der Waals surface area contributed by atoms with Gasteiger partial charge in [0.05, 0.1) is 18.3 Å². The van der Waals surface area contributed by atoms with Gasteiger partial charge in [0.1, 0.15) is 17.2 Å². The van der Waals surface area contributed by atoms with Crippen LogP contribution in [-0.2, 0) is 11.3 Å². The van der Waals surface area contributed by atoms with Gasteiger partial charge in [-0.3, -0.25) is 0 Å². The molecule has 2 aliphatic rings. The van der Waals surface area contributed by atoms with Crippen molar-refractivity contribution in [2.24, 2.45) is 0 Å². The summed E-state index contributed by atoms with van der Waals surface area (Å²) in [5, 5.41) is 17.3. The summed E-state index contributed by atoms with van der Waals surface area (Å²) in [5.74, 6) is 0.187. The molecule has 1 aliphatic heterocycles. The molecule has 1 N–H and O–H groups in total. The first-order valence-electron chi connectivity index (χ1n) is 13.1. The number of nitrogens with zero attached hydrogens (tertiary/aromatic N) is 4. The molecule has 1 saturated carbocycles. The summed E-state index contributed by atoms with van der Waals surface area (Å²) in [5.41, 5.74) is 1.91. The Hall–Kier alpha value is -4.39. The minimum absolute atomic E-state index is 0.0994. The molecule has 0 amide bonds. The molecule has 0 spiro atoms. The highest BCUT2D eigenvalue weighted by atomic mass is 19.4. The summed E-state index contributed by atoms with van der Waals surface area (Å²) in [6.45, 7) is 1.36. The van der Waals surface area contributed by atoms with Crippen molar-refractivity contribution in [3.8, 4) is 28.5 Å². The van der Waals surface area contributed by atoms with Crippen LogP contribution in [-0.4, -0.2) is 51.9 Å². The van der Waals surface area contributed by atoms with E-state index in [0.717, 1.165) is 12.8 Å². The quantitative estimate of drug-likeness (QED) is 0.254. The molecule has 0 bridgehead atoms. The highest BCUT2D eigenvalue weighted by Crippen LogP contribution is 2.45. The van der Waals surface area contributed by atoms with Gasteiger partial charge < -0.3 is 28.5 Å². The van der Waals surface area contributed by atoms with Crippen LogP contribution >= 0.6 is 0 Å². The molecule has 2 aromatic heterocycles. The zero-order chi connectivity index (χ0) is 28.6. The average Bonchev–Trinajstić information content (AvgIpc) is 3.52. The molecule has 2 aromatic carbocycles. The zero-order valence-electron chi connectivity index (χ0n) is 21.6. The fraction of sp³-hybridized carbons (Fsp3) is 0.357. The van der Waals surface area contributed by atoms with Crippen LogP contribution in [0.2, 0.25) is 0 Å². The third kappa shape index (κ3) is 6.04. The Balaban J connectivity index is 1.11. The number of para-hydroxylation sites is 1. The van der Waals surface area contributed by atoms with E-state index >= 15 is 0 Å². The fourth-order valence-corrected chi connectivity index (χ4v) is 4.86. The first-order chi connectivity index (χ1) is 19.7. The highest BCUT2D eigenvalue weighted by Gasteiger charge is 2.36. The maximum Gasteiger partial charge on any atom is 0.573 e. The van der Waals surface area contributed by atoms with E-state index in [2.05, 4.69) is 20.0 Å². The van der Waals surface area contributed by atoms with Crippen LogP contribution in [0.15, 0.2) is 57.6 Å². The monoisotopic (exact) mass is 570 g/mol. The molecule has 1 aliphatic carbocycles. The van der Waals surface area contributed by atoms with Gasteiger partial charge in [-0.05, 0) is 67.2 Å². The Morgan fingerprint density at radius 3 is 2.41 bits per heavy atom. The lowest BCUT2D eigenvalue weighted by Crippen LogP contribution is -2.37. The van der Waals surface area contributed by atoms with E-state index in [-0.39, 0.29) is 41.4 Å². The van der Waals surface area contributed by atoms with E-state index in [4.69, 9.17) is 18.9 Å². The molecular weight excluding hydrogens is 545 g/mol. The summed E-state index contributed by atoms with van der Waals surface area (Å²) in [6, 6.07) is 12.0. The second kappa shape index (κ2) is 10.9. The number of anilines is 1. The molecule has 2 fully saturated rings. The number of alkyl halides is 3. The third-order valence-electron chi connectivity index (χ3n) is 7.12. The van der Waals surface area contributed by atoms with Gasteiger partial charge >= 0.3 is 12.3 Å². The number of aromatic nitrogens is 3. The minimum atomic E-state index is -4.84. The van der Waals surface area contributed by atoms with Crippen molar-refractivity contribution in [3.63, 3.8) is 0 Å². The number of hydrogen-bond acceptors (Lipinski definition) is 9. The first kappa shape index (κ1) is 26.8. The molecule has 0 unspecified atom stereocenters. The minimum Gasteiger partial charge on any atom is -0.478 e. The number of benzene rings is 2. The topological polar surface area (TPSA) is 124 Å². The molecule has 214 valence electrons. The van der Waals surface area contributed by atoms with Crippen LogP contribution in [0, 0.1) is 0 Å². The van der Waals surface area contributed by atoms with E-state index in [1.54, 1.807) is 18.2 Å². The van der Waals surface area contributed by atoms with Crippen molar-refractivity contribution in [3.05, 3.63) is 65.4 Å². The Morgan fingerprint density at radius 2 is 1.73 bits per heavy atom. The van der Waals surface area contributed by atoms with Crippen LogP contribution in [0.25, 0.3) is 22.7 Å². The number of piperidine rings is 1. The Labute approximate surface area is 231 Å². The summed E-state index contributed by atoms with van der Waals surface area (Å²) in [7, 11) is 0. The lowest BCUT2D eigenvalue weighted by atomic mass is 10.0. The highest BCUT2D eigenvalue weighted by molar-refractivity contribution is 5.88. The predicted molar refractivity (Wildman–Crippen MR) is 137 cm³/mol. The smallest absolute Gasteiger partial charge is 0.478 e. The van der Waals surface area contributed by atoms with Gasteiger partial charge in [0.15, 0.2) is 0 Å². The summed E-state index contributed by atoms with van der Waals surface area (Å²) < 4.78 is 60.5. The molecular formula is C28H25F3N4O6. The number of aromatic carboxylic acids is 1. The van der Waals surface area contributed by atoms with Gasteiger partial charge in [0.2, 0.25) is 0 Å². The van der Waals surface area contributed by atoms with Crippen molar-refractivity contribution < 1.29 is 41.6 Å². The van der Waals surface area contributed by atoms with Gasteiger partial charge in [0, 0.05) is 35.7 Å². The van der Waals surface area contributed by atoms with E-state index in [1.807, 2.05) is 4.90 Å². The Bertz CT molecular complexity index is 1520. The van der Waals surface area contributed by atoms with Crippen LogP contribution in [0.3, 0.4) is 0 Å². The van der Waals surface area contributed by atoms with Crippen LogP contribution in [0.4, 0.5) is 19.1 Å². The number of carboxylic acids is 1. The molecule has 10 nitrogen and oxygen atoms in total. The van der Waals surface area contributed by atoms with Gasteiger partial charge in [-0.25, -0.2) is 4.79 Å². The summed E-state index contributed by atoms with van der Waals surface area (Å²) in [4.78, 5) is 17.5. The molecule has 41 heavy (non-hydrogen) atoms. The Morgan fingerprint density at radius 1 is 1.00 bits per heavy atom. The number of hydrogen-bond donors (Lipinski definition) is 1. The van der Waals surface area contributed by atoms with Gasteiger partial charge in [-0.1, -0.05) is 17.3 Å². The lowest BCUT2D eigenvalue weighted by Gasteiger charge is -2.30. The molecule has 3 heterocycles. The van der Waals surface area contributed by atoms with E-state index in [0.29, 0.717) is 54.5 Å². The normalized spacial score (nSPS) is 16.2. The number of rotatable bonds is 9. The molecule has 0 radical (unpaired) electrons. The maximum atomic E-state index is 13.0. The van der Waals surface area contributed by atoms with Crippen molar-refractivity contribution in [2.75, 3.05) is 18.0 Å². The maximum absolute atomic E-state index is 13.0. The van der Waals surface area contributed by atoms with Crippen molar-refractivity contribution in [1.82, 2.24) is 15.3 Å². The van der Waals surface area contributed by atoms with Crippen molar-refractivity contribution in [2.45, 2.75) is 50.7 Å². The zero-order valence-corrected chi connectivity index (χ0v) is 21.6. The van der Waals surface area contributed by atoms with Crippen LogP contribution in [0.1, 0.15) is 53.3 Å². The van der Waals surface area contributed by atoms with Gasteiger partial charge in [0.25, 0.3) is 11.8 Å². The predicted octanol–water partition coefficient (Wildman–Crippen LogP) is 6.05. The number of carboxylic acid groups (broad SMARTS) is 1. The molecule has 1 saturated heterocycles. The largest absolute Gasteiger partial charge is 0.573 e.